The topological polar surface area (TPSA) is 26.3 Å². The minimum atomic E-state index is -0.242. The van der Waals surface area contributed by atoms with Crippen molar-refractivity contribution in [3.63, 3.8) is 0 Å². The second kappa shape index (κ2) is 6.57. The molecule has 0 spiro atoms. The molecular formula is C19H22O2. The van der Waals surface area contributed by atoms with Gasteiger partial charge < -0.3 is 4.74 Å². The molecule has 2 heteroatoms. The molecule has 0 unspecified atom stereocenters. The first kappa shape index (κ1) is 15.3. The molecule has 0 saturated carbocycles. The molecule has 2 rings (SSSR count). The Kier molecular flexibility index (Phi) is 4.79. The van der Waals surface area contributed by atoms with Crippen molar-refractivity contribution >= 4 is 5.97 Å². The van der Waals surface area contributed by atoms with Crippen LogP contribution in [0.25, 0.3) is 11.1 Å². The van der Waals surface area contributed by atoms with Crippen LogP contribution in [0.1, 0.15) is 49.5 Å². The quantitative estimate of drug-likeness (QED) is 0.734. The minimum Gasteiger partial charge on any atom is -0.459 e. The van der Waals surface area contributed by atoms with E-state index >= 15 is 0 Å². The Morgan fingerprint density at radius 1 is 0.905 bits per heavy atom. The Hall–Kier alpha value is -2.09. The second-order valence-corrected chi connectivity index (χ2v) is 5.74. The Balaban J connectivity index is 2.60. The lowest BCUT2D eigenvalue weighted by Crippen LogP contribution is -2.15. The number of ether oxygens (including phenoxy) is 1. The van der Waals surface area contributed by atoms with Crippen molar-refractivity contribution in [2.75, 3.05) is 0 Å². The van der Waals surface area contributed by atoms with Crippen molar-refractivity contribution in [3.8, 4) is 11.1 Å². The largest absolute Gasteiger partial charge is 0.459 e. The zero-order valence-corrected chi connectivity index (χ0v) is 13.1. The summed E-state index contributed by atoms with van der Waals surface area (Å²) in [6.45, 7) is 7.93. The van der Waals surface area contributed by atoms with E-state index in [1.54, 1.807) is 0 Å². The zero-order valence-electron chi connectivity index (χ0n) is 13.1. The number of esters is 1. The minimum absolute atomic E-state index is 0.124. The molecule has 2 aromatic carbocycles. The first-order valence-corrected chi connectivity index (χ1v) is 7.40. The molecule has 0 aliphatic heterocycles. The van der Waals surface area contributed by atoms with Crippen molar-refractivity contribution in [2.24, 2.45) is 0 Å². The van der Waals surface area contributed by atoms with Gasteiger partial charge in [-0.1, -0.05) is 62.4 Å². The fraction of sp³-hybridized carbons (Fsp3) is 0.316. The van der Waals surface area contributed by atoms with Gasteiger partial charge in [0.05, 0.1) is 11.7 Å². The van der Waals surface area contributed by atoms with E-state index in [0.29, 0.717) is 5.56 Å². The predicted octanol–water partition coefficient (Wildman–Crippen LogP) is 5.04. The Morgan fingerprint density at radius 2 is 1.57 bits per heavy atom. The lowest BCUT2D eigenvalue weighted by Gasteiger charge is -2.18. The van der Waals surface area contributed by atoms with Crippen LogP contribution in [0.4, 0.5) is 0 Å². The van der Waals surface area contributed by atoms with Gasteiger partial charge in [-0.2, -0.15) is 0 Å². The fourth-order valence-electron chi connectivity index (χ4n) is 2.41. The van der Waals surface area contributed by atoms with E-state index in [1.165, 1.54) is 0 Å². The maximum Gasteiger partial charge on any atom is 0.339 e. The molecule has 0 bridgehead atoms. The number of benzene rings is 2. The van der Waals surface area contributed by atoms with Gasteiger partial charge >= 0.3 is 5.97 Å². The van der Waals surface area contributed by atoms with Gasteiger partial charge in [0.25, 0.3) is 0 Å². The van der Waals surface area contributed by atoms with Gasteiger partial charge in [0.15, 0.2) is 0 Å². The molecular weight excluding hydrogens is 260 g/mol. The third kappa shape index (κ3) is 3.52. The highest BCUT2D eigenvalue weighted by Gasteiger charge is 2.21. The van der Waals surface area contributed by atoms with Crippen LogP contribution < -0.4 is 0 Å². The second-order valence-electron chi connectivity index (χ2n) is 5.74. The molecule has 0 amide bonds. The summed E-state index contributed by atoms with van der Waals surface area (Å²) in [5.41, 5.74) is 3.69. The van der Waals surface area contributed by atoms with Crippen LogP contribution >= 0.6 is 0 Å². The molecule has 0 aliphatic carbocycles. The number of rotatable bonds is 4. The van der Waals surface area contributed by atoms with Gasteiger partial charge in [0, 0.05) is 0 Å². The monoisotopic (exact) mass is 282 g/mol. The molecule has 2 aromatic rings. The summed E-state index contributed by atoms with van der Waals surface area (Å²) >= 11 is 0. The van der Waals surface area contributed by atoms with E-state index in [4.69, 9.17) is 4.74 Å². The molecule has 2 nitrogen and oxygen atoms in total. The summed E-state index contributed by atoms with van der Waals surface area (Å²) < 4.78 is 5.45. The Morgan fingerprint density at radius 3 is 2.14 bits per heavy atom. The standard InChI is InChI=1S/C19H22O2/c1-13(2)16-11-8-12-17(15-9-6-5-7-10-15)18(16)19(20)21-14(3)4/h5-14H,1-4H3. The first-order chi connectivity index (χ1) is 10.0. The molecule has 0 aromatic heterocycles. The van der Waals surface area contributed by atoms with E-state index < -0.39 is 0 Å². The average Bonchev–Trinajstić information content (AvgIpc) is 2.46. The molecule has 0 radical (unpaired) electrons. The molecule has 0 N–H and O–H groups in total. The molecule has 110 valence electrons. The Bertz CT molecular complexity index is 613. The van der Waals surface area contributed by atoms with E-state index in [2.05, 4.69) is 13.8 Å². The summed E-state index contributed by atoms with van der Waals surface area (Å²) in [5.74, 6) is 0.0246. The van der Waals surface area contributed by atoms with Crippen LogP contribution in [0.2, 0.25) is 0 Å². The summed E-state index contributed by atoms with van der Waals surface area (Å²) in [7, 11) is 0. The number of hydrogen-bond acceptors (Lipinski definition) is 2. The van der Waals surface area contributed by atoms with Crippen molar-refractivity contribution in [1.29, 1.82) is 0 Å². The highest BCUT2D eigenvalue weighted by Crippen LogP contribution is 2.31. The molecule has 0 fully saturated rings. The summed E-state index contributed by atoms with van der Waals surface area (Å²) in [4.78, 5) is 12.6. The van der Waals surface area contributed by atoms with Crippen LogP contribution in [0.15, 0.2) is 48.5 Å². The van der Waals surface area contributed by atoms with Crippen molar-refractivity contribution in [2.45, 2.75) is 39.7 Å². The fourth-order valence-corrected chi connectivity index (χ4v) is 2.41. The van der Waals surface area contributed by atoms with E-state index in [-0.39, 0.29) is 18.0 Å². The normalized spacial score (nSPS) is 11.0. The van der Waals surface area contributed by atoms with E-state index in [1.807, 2.05) is 62.4 Å². The van der Waals surface area contributed by atoms with Gasteiger partial charge in [0.2, 0.25) is 0 Å². The number of carbonyl (C=O) groups excluding carboxylic acids is 1. The number of carbonyl (C=O) groups is 1. The zero-order chi connectivity index (χ0) is 15.4. The summed E-state index contributed by atoms with van der Waals surface area (Å²) in [6.07, 6.45) is -0.124. The third-order valence-corrected chi connectivity index (χ3v) is 3.35. The maximum atomic E-state index is 12.6. The average molecular weight is 282 g/mol. The van der Waals surface area contributed by atoms with Crippen molar-refractivity contribution < 1.29 is 9.53 Å². The third-order valence-electron chi connectivity index (χ3n) is 3.35. The lowest BCUT2D eigenvalue weighted by molar-refractivity contribution is 0.0377. The summed E-state index contributed by atoms with van der Waals surface area (Å²) in [6, 6.07) is 16.0. The Labute approximate surface area is 126 Å². The van der Waals surface area contributed by atoms with Gasteiger partial charge in [-0.05, 0) is 36.5 Å². The first-order valence-electron chi connectivity index (χ1n) is 7.40. The van der Waals surface area contributed by atoms with Gasteiger partial charge in [-0.15, -0.1) is 0 Å². The van der Waals surface area contributed by atoms with E-state index in [9.17, 15) is 4.79 Å². The smallest absolute Gasteiger partial charge is 0.339 e. The predicted molar refractivity (Wildman–Crippen MR) is 86.5 cm³/mol. The van der Waals surface area contributed by atoms with Gasteiger partial charge in [-0.25, -0.2) is 4.79 Å². The molecule has 21 heavy (non-hydrogen) atoms. The van der Waals surface area contributed by atoms with Crippen LogP contribution in [-0.4, -0.2) is 12.1 Å². The highest BCUT2D eigenvalue weighted by molar-refractivity contribution is 5.99. The SMILES string of the molecule is CC(C)OC(=O)c1c(-c2ccccc2)cccc1C(C)C. The maximum absolute atomic E-state index is 12.6. The van der Waals surface area contributed by atoms with Gasteiger partial charge in [-0.3, -0.25) is 0 Å². The molecule has 0 atom stereocenters. The summed E-state index contributed by atoms with van der Waals surface area (Å²) in [5, 5.41) is 0. The van der Waals surface area contributed by atoms with Crippen molar-refractivity contribution in [3.05, 3.63) is 59.7 Å². The van der Waals surface area contributed by atoms with Gasteiger partial charge in [0.1, 0.15) is 0 Å². The van der Waals surface area contributed by atoms with Crippen molar-refractivity contribution in [1.82, 2.24) is 0 Å². The number of hydrogen-bond donors (Lipinski definition) is 0. The van der Waals surface area contributed by atoms with E-state index in [0.717, 1.165) is 16.7 Å². The van der Waals surface area contributed by atoms with Crippen LogP contribution in [0, 0.1) is 0 Å². The molecule has 0 aliphatic rings. The van der Waals surface area contributed by atoms with Crippen LogP contribution in [0.5, 0.6) is 0 Å². The highest BCUT2D eigenvalue weighted by atomic mass is 16.5. The molecule has 0 saturated heterocycles. The van der Waals surface area contributed by atoms with Crippen LogP contribution in [0.3, 0.4) is 0 Å². The van der Waals surface area contributed by atoms with Crippen LogP contribution in [-0.2, 0) is 4.74 Å². The lowest BCUT2D eigenvalue weighted by atomic mass is 9.90. The molecule has 0 heterocycles.